The fourth-order valence-corrected chi connectivity index (χ4v) is 2.39. The molecule has 2 aromatic carbocycles. The van der Waals surface area contributed by atoms with Crippen molar-refractivity contribution in [1.82, 2.24) is 0 Å². The van der Waals surface area contributed by atoms with Crippen LogP contribution < -0.4 is 10.5 Å². The van der Waals surface area contributed by atoms with Gasteiger partial charge in [-0.2, -0.15) is 0 Å². The summed E-state index contributed by atoms with van der Waals surface area (Å²) < 4.78 is 19.6. The van der Waals surface area contributed by atoms with Crippen LogP contribution in [0.4, 0.5) is 4.39 Å². The molecule has 0 atom stereocenters. The monoisotopic (exact) mass is 343 g/mol. The molecule has 0 spiro atoms. The van der Waals surface area contributed by atoms with E-state index in [0.717, 1.165) is 15.6 Å². The highest BCUT2D eigenvalue weighted by molar-refractivity contribution is 9.10. The van der Waals surface area contributed by atoms with Gasteiger partial charge in [0.2, 0.25) is 0 Å². The summed E-state index contributed by atoms with van der Waals surface area (Å²) in [6.07, 6.45) is 0. The van der Waals surface area contributed by atoms with Crippen molar-refractivity contribution in [1.29, 1.82) is 0 Å². The van der Waals surface area contributed by atoms with E-state index in [0.29, 0.717) is 18.9 Å². The molecule has 2 rings (SSSR count). The van der Waals surface area contributed by atoms with Crippen molar-refractivity contribution in [3.05, 3.63) is 62.8 Å². The van der Waals surface area contributed by atoms with Crippen molar-refractivity contribution in [2.45, 2.75) is 13.2 Å². The second kappa shape index (κ2) is 6.37. The Kier molecular flexibility index (Phi) is 4.80. The number of hydrogen-bond acceptors (Lipinski definition) is 2. The molecule has 2 aromatic rings. The maximum absolute atomic E-state index is 13.0. The minimum absolute atomic E-state index is 0.0901. The molecule has 0 aromatic heterocycles. The second-order valence-corrected chi connectivity index (χ2v) is 5.23. The van der Waals surface area contributed by atoms with E-state index in [-0.39, 0.29) is 5.02 Å². The predicted octanol–water partition coefficient (Wildman–Crippen LogP) is 4.28. The first-order valence-corrected chi connectivity index (χ1v) is 6.83. The van der Waals surface area contributed by atoms with Crippen molar-refractivity contribution in [2.24, 2.45) is 5.73 Å². The Bertz CT molecular complexity index is 592. The lowest BCUT2D eigenvalue weighted by molar-refractivity contribution is 0.301. The molecule has 0 heterocycles. The quantitative estimate of drug-likeness (QED) is 0.898. The largest absolute Gasteiger partial charge is 0.487 e. The first-order valence-electron chi connectivity index (χ1n) is 5.66. The van der Waals surface area contributed by atoms with Gasteiger partial charge in [-0.25, -0.2) is 4.39 Å². The fourth-order valence-electron chi connectivity index (χ4n) is 1.66. The number of ether oxygens (including phenoxy) is 1. The average Bonchev–Trinajstić information content (AvgIpc) is 2.41. The van der Waals surface area contributed by atoms with Crippen molar-refractivity contribution < 1.29 is 9.13 Å². The van der Waals surface area contributed by atoms with Gasteiger partial charge in [-0.15, -0.1) is 0 Å². The van der Waals surface area contributed by atoms with Gasteiger partial charge in [0.15, 0.2) is 0 Å². The van der Waals surface area contributed by atoms with Crippen LogP contribution in [0.15, 0.2) is 40.9 Å². The Balaban J connectivity index is 2.16. The molecule has 2 N–H and O–H groups in total. The van der Waals surface area contributed by atoms with E-state index < -0.39 is 5.82 Å². The van der Waals surface area contributed by atoms with Gasteiger partial charge in [-0.3, -0.25) is 0 Å². The topological polar surface area (TPSA) is 35.2 Å². The molecule has 0 fully saturated rings. The van der Waals surface area contributed by atoms with Crippen LogP contribution in [-0.4, -0.2) is 0 Å². The second-order valence-electron chi connectivity index (χ2n) is 3.97. The zero-order valence-corrected chi connectivity index (χ0v) is 12.3. The zero-order chi connectivity index (χ0) is 13.8. The Morgan fingerprint density at radius 1 is 1.26 bits per heavy atom. The number of para-hydroxylation sites is 1. The van der Waals surface area contributed by atoms with Gasteiger partial charge in [0, 0.05) is 12.1 Å². The van der Waals surface area contributed by atoms with E-state index in [1.54, 1.807) is 12.1 Å². The highest BCUT2D eigenvalue weighted by Gasteiger charge is 2.08. The third-order valence-electron chi connectivity index (χ3n) is 2.64. The molecule has 0 amide bonds. The van der Waals surface area contributed by atoms with Crippen LogP contribution in [0.25, 0.3) is 0 Å². The fraction of sp³-hybridized carbons (Fsp3) is 0.143. The van der Waals surface area contributed by atoms with Crippen molar-refractivity contribution in [3.8, 4) is 5.75 Å². The molecule has 0 aliphatic heterocycles. The van der Waals surface area contributed by atoms with Crippen molar-refractivity contribution >= 4 is 27.5 Å². The maximum Gasteiger partial charge on any atom is 0.141 e. The summed E-state index contributed by atoms with van der Waals surface area (Å²) >= 11 is 9.15. The Labute approximate surface area is 124 Å². The van der Waals surface area contributed by atoms with Gasteiger partial charge < -0.3 is 10.5 Å². The van der Waals surface area contributed by atoms with Gasteiger partial charge in [-0.05, 0) is 39.7 Å². The Morgan fingerprint density at radius 2 is 2.05 bits per heavy atom. The van der Waals surface area contributed by atoms with Crippen LogP contribution in [0.3, 0.4) is 0 Å². The molecule has 5 heteroatoms. The third kappa shape index (κ3) is 3.47. The van der Waals surface area contributed by atoms with Crippen LogP contribution in [0.2, 0.25) is 5.02 Å². The van der Waals surface area contributed by atoms with Crippen LogP contribution in [0, 0.1) is 5.82 Å². The van der Waals surface area contributed by atoms with Crippen LogP contribution in [0.1, 0.15) is 11.1 Å². The first-order chi connectivity index (χ1) is 9.11. The van der Waals surface area contributed by atoms with Crippen LogP contribution in [-0.2, 0) is 13.2 Å². The average molecular weight is 345 g/mol. The zero-order valence-electron chi connectivity index (χ0n) is 10.00. The summed E-state index contributed by atoms with van der Waals surface area (Å²) in [7, 11) is 0. The standard InChI is InChI=1S/C14H12BrClFNO/c15-11-3-1-2-10(7-18)14(11)19-8-9-4-5-13(17)12(16)6-9/h1-6H,7-8,18H2. The van der Waals surface area contributed by atoms with Gasteiger partial charge in [-0.1, -0.05) is 29.8 Å². The minimum atomic E-state index is -0.436. The highest BCUT2D eigenvalue weighted by atomic mass is 79.9. The highest BCUT2D eigenvalue weighted by Crippen LogP contribution is 2.29. The summed E-state index contributed by atoms with van der Waals surface area (Å²) in [5, 5.41) is 0.0901. The third-order valence-corrected chi connectivity index (χ3v) is 3.55. The van der Waals surface area contributed by atoms with Crippen molar-refractivity contribution in [3.63, 3.8) is 0 Å². The molecule has 0 saturated carbocycles. The summed E-state index contributed by atoms with van der Waals surface area (Å²) in [5.41, 5.74) is 7.36. The summed E-state index contributed by atoms with van der Waals surface area (Å²) in [4.78, 5) is 0. The number of rotatable bonds is 4. The molecule has 2 nitrogen and oxygen atoms in total. The number of nitrogens with two attached hydrogens (primary N) is 1. The molecule has 0 aliphatic carbocycles. The molecule has 19 heavy (non-hydrogen) atoms. The molecule has 0 saturated heterocycles. The number of halogens is 3. The summed E-state index contributed by atoms with van der Waals surface area (Å²) in [5.74, 6) is 0.263. The molecule has 0 unspecified atom stereocenters. The number of hydrogen-bond donors (Lipinski definition) is 1. The predicted molar refractivity (Wildman–Crippen MR) is 77.8 cm³/mol. The summed E-state index contributed by atoms with van der Waals surface area (Å²) in [6.45, 7) is 0.689. The summed E-state index contributed by atoms with van der Waals surface area (Å²) in [6, 6.07) is 10.2. The molecule has 100 valence electrons. The SMILES string of the molecule is NCc1cccc(Br)c1OCc1ccc(F)c(Cl)c1. The van der Waals surface area contributed by atoms with E-state index in [9.17, 15) is 4.39 Å². The lowest BCUT2D eigenvalue weighted by atomic mass is 10.2. The molecule has 0 aliphatic rings. The van der Waals surface area contributed by atoms with Crippen LogP contribution in [0.5, 0.6) is 5.75 Å². The number of benzene rings is 2. The lowest BCUT2D eigenvalue weighted by Gasteiger charge is -2.12. The van der Waals surface area contributed by atoms with E-state index in [2.05, 4.69) is 15.9 Å². The smallest absolute Gasteiger partial charge is 0.141 e. The van der Waals surface area contributed by atoms with Gasteiger partial charge >= 0.3 is 0 Å². The molecule has 0 bridgehead atoms. The van der Waals surface area contributed by atoms with Gasteiger partial charge in [0.25, 0.3) is 0 Å². The molecule has 0 radical (unpaired) electrons. The minimum Gasteiger partial charge on any atom is -0.487 e. The Hall–Kier alpha value is -1.10. The lowest BCUT2D eigenvalue weighted by Crippen LogP contribution is -2.03. The van der Waals surface area contributed by atoms with E-state index in [4.69, 9.17) is 22.1 Å². The van der Waals surface area contributed by atoms with E-state index in [1.807, 2.05) is 18.2 Å². The van der Waals surface area contributed by atoms with Gasteiger partial charge in [0.05, 0.1) is 9.50 Å². The van der Waals surface area contributed by atoms with E-state index in [1.165, 1.54) is 6.07 Å². The van der Waals surface area contributed by atoms with Gasteiger partial charge in [0.1, 0.15) is 18.2 Å². The maximum atomic E-state index is 13.0. The Morgan fingerprint density at radius 3 is 2.74 bits per heavy atom. The molecular weight excluding hydrogens is 333 g/mol. The van der Waals surface area contributed by atoms with Crippen molar-refractivity contribution in [2.75, 3.05) is 0 Å². The normalized spacial score (nSPS) is 10.5. The van der Waals surface area contributed by atoms with E-state index >= 15 is 0 Å². The first kappa shape index (κ1) is 14.3. The van der Waals surface area contributed by atoms with Crippen LogP contribution >= 0.6 is 27.5 Å². The molecular formula is C14H12BrClFNO.